The van der Waals surface area contributed by atoms with Crippen LogP contribution in [0.4, 0.5) is 5.95 Å². The summed E-state index contributed by atoms with van der Waals surface area (Å²) in [6.45, 7) is 1.70. The smallest absolute Gasteiger partial charge is 0.252 e. The van der Waals surface area contributed by atoms with Gasteiger partial charge in [0.1, 0.15) is 0 Å². The van der Waals surface area contributed by atoms with Crippen LogP contribution in [-0.2, 0) is 4.79 Å². The highest BCUT2D eigenvalue weighted by Gasteiger charge is 2.24. The number of benzene rings is 1. The van der Waals surface area contributed by atoms with E-state index >= 15 is 0 Å². The summed E-state index contributed by atoms with van der Waals surface area (Å²) in [5.74, 6) is -0.0288. The van der Waals surface area contributed by atoms with Crippen molar-refractivity contribution in [2.45, 2.75) is 19.8 Å². The van der Waals surface area contributed by atoms with E-state index in [1.165, 1.54) is 11.1 Å². The quantitative estimate of drug-likeness (QED) is 0.892. The van der Waals surface area contributed by atoms with Gasteiger partial charge in [-0.3, -0.25) is 14.6 Å². The number of hydrogen-bond acceptors (Lipinski definition) is 4. The number of amides is 1. The van der Waals surface area contributed by atoms with E-state index in [0.717, 1.165) is 15.7 Å². The van der Waals surface area contributed by atoms with E-state index in [-0.39, 0.29) is 17.4 Å². The Morgan fingerprint density at radius 2 is 1.91 bits per heavy atom. The molecule has 2 heterocycles. The maximum atomic E-state index is 12.1. The molecule has 0 unspecified atom stereocenters. The van der Waals surface area contributed by atoms with Crippen molar-refractivity contribution in [1.82, 2.24) is 9.97 Å². The van der Waals surface area contributed by atoms with Gasteiger partial charge in [-0.15, -0.1) is 0 Å². The molecule has 0 bridgehead atoms. The van der Waals surface area contributed by atoms with Crippen LogP contribution in [0.2, 0.25) is 0 Å². The first kappa shape index (κ1) is 14.6. The van der Waals surface area contributed by atoms with Crippen molar-refractivity contribution < 1.29 is 4.79 Å². The van der Waals surface area contributed by atoms with Crippen LogP contribution in [0.25, 0.3) is 0 Å². The molecule has 0 fully saturated rings. The van der Waals surface area contributed by atoms with E-state index in [2.05, 4.69) is 31.0 Å². The second-order valence-corrected chi connectivity index (χ2v) is 5.89. The molecule has 0 atom stereocenters. The van der Waals surface area contributed by atoms with Crippen LogP contribution in [-0.4, -0.2) is 21.6 Å². The first-order chi connectivity index (χ1) is 10.5. The lowest BCUT2D eigenvalue weighted by molar-refractivity contribution is -0.118. The number of carbonyl (C=O) groups is 1. The summed E-state index contributed by atoms with van der Waals surface area (Å²) in [6, 6.07) is 9.08. The fourth-order valence-corrected chi connectivity index (χ4v) is 2.50. The highest BCUT2D eigenvalue weighted by atomic mass is 79.9. The molecule has 0 spiro atoms. The first-order valence-electron chi connectivity index (χ1n) is 6.77. The molecule has 1 N–H and O–H groups in total. The van der Waals surface area contributed by atoms with Gasteiger partial charge in [0.25, 0.3) is 5.56 Å². The maximum Gasteiger partial charge on any atom is 0.252 e. The Labute approximate surface area is 135 Å². The Morgan fingerprint density at radius 1 is 1.18 bits per heavy atom. The van der Waals surface area contributed by atoms with E-state index < -0.39 is 0 Å². The number of nitrogens with one attached hydrogen (secondary N) is 1. The summed E-state index contributed by atoms with van der Waals surface area (Å²) in [4.78, 5) is 30.4. The Balaban J connectivity index is 2.02. The zero-order chi connectivity index (χ0) is 15.7. The number of rotatable bonds is 2. The lowest BCUT2D eigenvalue weighted by Crippen LogP contribution is -2.34. The minimum atomic E-state index is -0.304. The summed E-state index contributed by atoms with van der Waals surface area (Å²) in [6.07, 6.45) is 0.888. The third-order valence-corrected chi connectivity index (χ3v) is 3.80. The number of carbonyl (C=O) groups excluding carboxylic acids is 1. The zero-order valence-corrected chi connectivity index (χ0v) is 13.4. The van der Waals surface area contributed by atoms with Gasteiger partial charge in [-0.2, -0.15) is 10.1 Å². The number of hydrogen-bond donors (Lipinski definition) is 1. The van der Waals surface area contributed by atoms with Crippen molar-refractivity contribution in [2.24, 2.45) is 5.10 Å². The number of aryl methyl sites for hydroxylation is 1. The average Bonchev–Trinajstić information content (AvgIpc) is 2.47. The summed E-state index contributed by atoms with van der Waals surface area (Å²) in [7, 11) is 0. The summed E-state index contributed by atoms with van der Waals surface area (Å²) in [5, 5.41) is 5.54. The van der Waals surface area contributed by atoms with E-state index in [4.69, 9.17) is 0 Å². The lowest BCUT2D eigenvalue weighted by Gasteiger charge is -2.22. The zero-order valence-electron chi connectivity index (χ0n) is 11.8. The lowest BCUT2D eigenvalue weighted by atomic mass is 10.0. The van der Waals surface area contributed by atoms with Gasteiger partial charge in [-0.1, -0.05) is 28.1 Å². The molecule has 7 heteroatoms. The molecule has 2 aromatic rings. The van der Waals surface area contributed by atoms with Gasteiger partial charge in [-0.05, 0) is 24.6 Å². The van der Waals surface area contributed by atoms with E-state index in [1.807, 2.05) is 24.3 Å². The Hall–Kier alpha value is -2.28. The highest BCUT2D eigenvalue weighted by Crippen LogP contribution is 2.20. The summed E-state index contributed by atoms with van der Waals surface area (Å²) >= 11 is 3.39. The minimum absolute atomic E-state index is 0.157. The minimum Gasteiger partial charge on any atom is -0.291 e. The van der Waals surface area contributed by atoms with Crippen LogP contribution in [0, 0.1) is 6.92 Å². The molecular weight excluding hydrogens is 348 g/mol. The second-order valence-electron chi connectivity index (χ2n) is 4.97. The highest BCUT2D eigenvalue weighted by molar-refractivity contribution is 9.10. The second kappa shape index (κ2) is 5.84. The van der Waals surface area contributed by atoms with Gasteiger partial charge in [-0.25, -0.2) is 4.98 Å². The predicted molar refractivity (Wildman–Crippen MR) is 87.0 cm³/mol. The molecule has 1 aromatic heterocycles. The van der Waals surface area contributed by atoms with Crippen LogP contribution in [0.3, 0.4) is 0 Å². The molecule has 0 aliphatic carbocycles. The molecule has 1 aliphatic heterocycles. The molecule has 6 nitrogen and oxygen atoms in total. The molecule has 0 radical (unpaired) electrons. The van der Waals surface area contributed by atoms with Crippen LogP contribution < -0.4 is 10.6 Å². The molecule has 0 saturated heterocycles. The fourth-order valence-electron chi connectivity index (χ4n) is 2.23. The SMILES string of the molecule is Cc1cc(=O)[nH]c(N2N=C(c3ccc(Br)cc3)CCC2=O)n1. The van der Waals surface area contributed by atoms with Crippen molar-refractivity contribution >= 4 is 33.5 Å². The van der Waals surface area contributed by atoms with Gasteiger partial charge in [0.05, 0.1) is 5.71 Å². The number of H-pyrrole nitrogens is 1. The number of halogens is 1. The third kappa shape index (κ3) is 2.99. The van der Waals surface area contributed by atoms with E-state index in [1.54, 1.807) is 6.92 Å². The molecule has 3 rings (SSSR count). The van der Waals surface area contributed by atoms with Crippen LogP contribution >= 0.6 is 15.9 Å². The number of anilines is 1. The van der Waals surface area contributed by atoms with Crippen LogP contribution in [0.15, 0.2) is 44.7 Å². The molecule has 1 amide bonds. The Morgan fingerprint density at radius 3 is 2.59 bits per heavy atom. The molecule has 1 aliphatic rings. The standard InChI is InChI=1S/C15H13BrN4O2/c1-9-8-13(21)18-15(17-9)20-14(22)7-6-12(19-20)10-2-4-11(16)5-3-10/h2-5,8H,6-7H2,1H3,(H,17,18,21). The van der Waals surface area contributed by atoms with Gasteiger partial charge >= 0.3 is 0 Å². The maximum absolute atomic E-state index is 12.1. The fraction of sp³-hybridized carbons (Fsp3) is 0.200. The molecular formula is C15H13BrN4O2. The van der Waals surface area contributed by atoms with Gasteiger partial charge in [0.15, 0.2) is 0 Å². The summed E-state index contributed by atoms with van der Waals surface area (Å²) < 4.78 is 0.977. The molecule has 22 heavy (non-hydrogen) atoms. The topological polar surface area (TPSA) is 78.4 Å². The van der Waals surface area contributed by atoms with Crippen molar-refractivity contribution in [3.63, 3.8) is 0 Å². The third-order valence-electron chi connectivity index (χ3n) is 3.27. The Kier molecular flexibility index (Phi) is 3.89. The van der Waals surface area contributed by atoms with Crippen molar-refractivity contribution in [3.05, 3.63) is 56.4 Å². The van der Waals surface area contributed by atoms with Crippen molar-refractivity contribution in [1.29, 1.82) is 0 Å². The van der Waals surface area contributed by atoms with Crippen LogP contribution in [0.5, 0.6) is 0 Å². The molecule has 0 saturated carbocycles. The molecule has 1 aromatic carbocycles. The predicted octanol–water partition coefficient (Wildman–Crippen LogP) is 2.37. The van der Waals surface area contributed by atoms with Crippen LogP contribution in [0.1, 0.15) is 24.1 Å². The molecule has 112 valence electrons. The first-order valence-corrected chi connectivity index (χ1v) is 7.56. The number of nitrogens with zero attached hydrogens (tertiary/aromatic N) is 3. The van der Waals surface area contributed by atoms with Crippen molar-refractivity contribution in [2.75, 3.05) is 5.01 Å². The van der Waals surface area contributed by atoms with E-state index in [0.29, 0.717) is 18.5 Å². The van der Waals surface area contributed by atoms with Gasteiger partial charge in [0.2, 0.25) is 11.9 Å². The summed E-state index contributed by atoms with van der Waals surface area (Å²) in [5.41, 5.74) is 1.96. The number of aromatic nitrogens is 2. The normalized spacial score (nSPS) is 14.9. The monoisotopic (exact) mass is 360 g/mol. The van der Waals surface area contributed by atoms with E-state index in [9.17, 15) is 9.59 Å². The largest absolute Gasteiger partial charge is 0.291 e. The average molecular weight is 361 g/mol. The Bertz CT molecular complexity index is 811. The number of aromatic amines is 1. The number of hydrazone groups is 1. The van der Waals surface area contributed by atoms with Crippen molar-refractivity contribution in [3.8, 4) is 0 Å². The van der Waals surface area contributed by atoms with Gasteiger partial charge in [0, 0.05) is 29.1 Å². The van der Waals surface area contributed by atoms with Gasteiger partial charge < -0.3 is 0 Å².